The standard InChI is InChI=1S/C15H14O4/c16-14-7-2-1-6-13(14)12-5-3-4-11(8-12)9-19-10-15(17)18/h1-8,16H,9-10H2,(H,17,18). The number of phenolic OH excluding ortho intramolecular Hbond substituents is 1. The predicted molar refractivity (Wildman–Crippen MR) is 70.8 cm³/mol. The number of hydrogen-bond acceptors (Lipinski definition) is 3. The van der Waals surface area contributed by atoms with Crippen LogP contribution in [0.3, 0.4) is 0 Å². The lowest BCUT2D eigenvalue weighted by Crippen LogP contribution is -2.06. The Kier molecular flexibility index (Phi) is 4.15. The number of ether oxygens (including phenoxy) is 1. The minimum atomic E-state index is -0.989. The summed E-state index contributed by atoms with van der Waals surface area (Å²) in [6.07, 6.45) is 0. The summed E-state index contributed by atoms with van der Waals surface area (Å²) in [7, 11) is 0. The van der Waals surface area contributed by atoms with Crippen molar-refractivity contribution >= 4 is 5.97 Å². The van der Waals surface area contributed by atoms with E-state index in [-0.39, 0.29) is 19.0 Å². The second kappa shape index (κ2) is 6.02. The lowest BCUT2D eigenvalue weighted by molar-refractivity contribution is -0.142. The van der Waals surface area contributed by atoms with Gasteiger partial charge in [0.15, 0.2) is 0 Å². The number of benzene rings is 2. The minimum Gasteiger partial charge on any atom is -0.507 e. The Balaban J connectivity index is 2.15. The number of hydrogen-bond donors (Lipinski definition) is 2. The van der Waals surface area contributed by atoms with Crippen molar-refractivity contribution in [3.05, 3.63) is 54.1 Å². The highest BCUT2D eigenvalue weighted by atomic mass is 16.5. The SMILES string of the molecule is O=C(O)COCc1cccc(-c2ccccc2O)c1. The van der Waals surface area contributed by atoms with Crippen LogP contribution in [0.5, 0.6) is 5.75 Å². The average molecular weight is 258 g/mol. The Morgan fingerprint density at radius 2 is 1.89 bits per heavy atom. The average Bonchev–Trinajstić information content (AvgIpc) is 2.39. The molecule has 0 spiro atoms. The van der Waals surface area contributed by atoms with Crippen LogP contribution < -0.4 is 0 Å². The summed E-state index contributed by atoms with van der Waals surface area (Å²) in [5.41, 5.74) is 2.47. The van der Waals surface area contributed by atoms with Crippen molar-refractivity contribution in [1.82, 2.24) is 0 Å². The Morgan fingerprint density at radius 1 is 1.11 bits per heavy atom. The van der Waals surface area contributed by atoms with E-state index in [1.165, 1.54) is 0 Å². The van der Waals surface area contributed by atoms with E-state index in [1.54, 1.807) is 12.1 Å². The first-order valence-electron chi connectivity index (χ1n) is 5.83. The highest BCUT2D eigenvalue weighted by molar-refractivity contribution is 5.70. The van der Waals surface area contributed by atoms with Gasteiger partial charge in [-0.2, -0.15) is 0 Å². The molecule has 0 fully saturated rings. The fourth-order valence-corrected chi connectivity index (χ4v) is 1.80. The first-order valence-corrected chi connectivity index (χ1v) is 5.83. The van der Waals surface area contributed by atoms with Gasteiger partial charge in [-0.25, -0.2) is 4.79 Å². The first kappa shape index (κ1) is 13.1. The highest BCUT2D eigenvalue weighted by Crippen LogP contribution is 2.29. The number of carboxylic acids is 1. The molecule has 0 saturated carbocycles. The Bertz CT molecular complexity index is 578. The lowest BCUT2D eigenvalue weighted by Gasteiger charge is -2.07. The Hall–Kier alpha value is -2.33. The van der Waals surface area contributed by atoms with Gasteiger partial charge in [0.2, 0.25) is 0 Å². The molecule has 19 heavy (non-hydrogen) atoms. The van der Waals surface area contributed by atoms with Crippen LogP contribution in [0, 0.1) is 0 Å². The van der Waals surface area contributed by atoms with Crippen LogP contribution in [-0.2, 0) is 16.1 Å². The van der Waals surface area contributed by atoms with Gasteiger partial charge in [-0.15, -0.1) is 0 Å². The van der Waals surface area contributed by atoms with E-state index in [2.05, 4.69) is 0 Å². The highest BCUT2D eigenvalue weighted by Gasteiger charge is 2.04. The molecular weight excluding hydrogens is 244 g/mol. The van der Waals surface area contributed by atoms with E-state index in [9.17, 15) is 9.90 Å². The zero-order valence-electron chi connectivity index (χ0n) is 10.2. The molecule has 4 nitrogen and oxygen atoms in total. The predicted octanol–water partition coefficient (Wildman–Crippen LogP) is 2.66. The van der Waals surface area contributed by atoms with Gasteiger partial charge in [0.05, 0.1) is 6.61 Å². The van der Waals surface area contributed by atoms with Crippen molar-refractivity contribution in [3.63, 3.8) is 0 Å². The molecule has 0 unspecified atom stereocenters. The van der Waals surface area contributed by atoms with Crippen LogP contribution in [0.2, 0.25) is 0 Å². The number of carbonyl (C=O) groups is 1. The number of para-hydroxylation sites is 1. The van der Waals surface area contributed by atoms with Gasteiger partial charge in [-0.1, -0.05) is 36.4 Å². The third-order valence-corrected chi connectivity index (χ3v) is 2.64. The van der Waals surface area contributed by atoms with Crippen LogP contribution in [-0.4, -0.2) is 22.8 Å². The van der Waals surface area contributed by atoms with Gasteiger partial charge in [-0.3, -0.25) is 0 Å². The molecule has 2 aromatic carbocycles. The summed E-state index contributed by atoms with van der Waals surface area (Å²) in [4.78, 5) is 10.4. The zero-order valence-corrected chi connectivity index (χ0v) is 10.2. The van der Waals surface area contributed by atoms with Crippen molar-refractivity contribution in [3.8, 4) is 16.9 Å². The van der Waals surface area contributed by atoms with Crippen molar-refractivity contribution in [2.45, 2.75) is 6.61 Å². The molecule has 0 atom stereocenters. The summed E-state index contributed by atoms with van der Waals surface area (Å²) in [6.45, 7) is -0.0887. The second-order valence-corrected chi connectivity index (χ2v) is 4.10. The number of carboxylic acid groups (broad SMARTS) is 1. The number of phenols is 1. The van der Waals surface area contributed by atoms with E-state index in [1.807, 2.05) is 36.4 Å². The largest absolute Gasteiger partial charge is 0.507 e. The van der Waals surface area contributed by atoms with Gasteiger partial charge in [-0.05, 0) is 23.3 Å². The van der Waals surface area contributed by atoms with Gasteiger partial charge in [0, 0.05) is 5.56 Å². The molecule has 98 valence electrons. The van der Waals surface area contributed by atoms with Crippen LogP contribution in [0.25, 0.3) is 11.1 Å². The van der Waals surface area contributed by atoms with Crippen molar-refractivity contribution in [2.75, 3.05) is 6.61 Å². The fourth-order valence-electron chi connectivity index (χ4n) is 1.80. The quantitative estimate of drug-likeness (QED) is 0.865. The molecule has 0 aliphatic heterocycles. The zero-order chi connectivity index (χ0) is 13.7. The fraction of sp³-hybridized carbons (Fsp3) is 0.133. The van der Waals surface area contributed by atoms with Crippen molar-refractivity contribution in [2.24, 2.45) is 0 Å². The first-order chi connectivity index (χ1) is 9.16. The summed E-state index contributed by atoms with van der Waals surface area (Å²) in [5, 5.41) is 18.3. The molecule has 2 rings (SSSR count). The van der Waals surface area contributed by atoms with E-state index in [0.717, 1.165) is 16.7 Å². The van der Waals surface area contributed by atoms with E-state index in [0.29, 0.717) is 0 Å². The lowest BCUT2D eigenvalue weighted by atomic mass is 10.0. The number of aliphatic carboxylic acids is 1. The molecule has 0 amide bonds. The topological polar surface area (TPSA) is 66.8 Å². The Labute approximate surface area is 110 Å². The summed E-state index contributed by atoms with van der Waals surface area (Å²) < 4.78 is 5.04. The van der Waals surface area contributed by atoms with Crippen LogP contribution in [0.1, 0.15) is 5.56 Å². The molecule has 4 heteroatoms. The molecule has 0 aromatic heterocycles. The molecule has 0 bridgehead atoms. The number of rotatable bonds is 5. The maximum Gasteiger partial charge on any atom is 0.329 e. The molecule has 2 aromatic rings. The molecule has 0 heterocycles. The smallest absolute Gasteiger partial charge is 0.329 e. The molecule has 2 N–H and O–H groups in total. The maximum absolute atomic E-state index is 10.4. The Morgan fingerprint density at radius 3 is 2.63 bits per heavy atom. The molecule has 0 saturated heterocycles. The van der Waals surface area contributed by atoms with Crippen LogP contribution >= 0.6 is 0 Å². The van der Waals surface area contributed by atoms with Crippen molar-refractivity contribution < 1.29 is 19.7 Å². The summed E-state index contributed by atoms with van der Waals surface area (Å²) in [5.74, 6) is -0.775. The third kappa shape index (κ3) is 3.56. The number of aromatic hydroxyl groups is 1. The van der Waals surface area contributed by atoms with Gasteiger partial charge >= 0.3 is 5.97 Å². The monoisotopic (exact) mass is 258 g/mol. The normalized spacial score (nSPS) is 10.3. The molecule has 0 radical (unpaired) electrons. The third-order valence-electron chi connectivity index (χ3n) is 2.64. The second-order valence-electron chi connectivity index (χ2n) is 4.10. The minimum absolute atomic E-state index is 0.214. The van der Waals surface area contributed by atoms with E-state index < -0.39 is 5.97 Å². The van der Waals surface area contributed by atoms with Gasteiger partial charge in [0.1, 0.15) is 12.4 Å². The summed E-state index contributed by atoms with van der Waals surface area (Å²) >= 11 is 0. The molecule has 0 aliphatic rings. The van der Waals surface area contributed by atoms with Crippen LogP contribution in [0.15, 0.2) is 48.5 Å². The van der Waals surface area contributed by atoms with E-state index >= 15 is 0 Å². The van der Waals surface area contributed by atoms with Gasteiger partial charge < -0.3 is 14.9 Å². The van der Waals surface area contributed by atoms with Gasteiger partial charge in [0.25, 0.3) is 0 Å². The van der Waals surface area contributed by atoms with Crippen molar-refractivity contribution in [1.29, 1.82) is 0 Å². The summed E-state index contributed by atoms with van der Waals surface area (Å²) in [6, 6.07) is 14.5. The van der Waals surface area contributed by atoms with Crippen LogP contribution in [0.4, 0.5) is 0 Å². The maximum atomic E-state index is 10.4. The van der Waals surface area contributed by atoms with E-state index in [4.69, 9.17) is 9.84 Å². The molecule has 0 aliphatic carbocycles. The molecular formula is C15H14O4.